The van der Waals surface area contributed by atoms with Crippen LogP contribution < -0.4 is 5.32 Å². The molecule has 9 nitrogen and oxygen atoms in total. The molecule has 3 aromatic carbocycles. The molecule has 2 heterocycles. The summed E-state index contributed by atoms with van der Waals surface area (Å²) >= 11 is 0. The zero-order valence-electron chi connectivity index (χ0n) is 18.4. The minimum atomic E-state index is -0.450. The number of rotatable bonds is 5. The molecule has 9 heteroatoms. The molecule has 1 N–H and O–H groups in total. The average molecular weight is 453 g/mol. The Bertz CT molecular complexity index is 1550. The number of anilines is 1. The quantitative estimate of drug-likeness (QED) is 0.279. The Balaban J connectivity index is 1.35. The summed E-state index contributed by atoms with van der Waals surface area (Å²) in [7, 11) is 0. The van der Waals surface area contributed by atoms with Gasteiger partial charge in [0.15, 0.2) is 5.76 Å². The number of carbonyl (C=O) groups excluding carboxylic acids is 1. The van der Waals surface area contributed by atoms with Crippen LogP contribution in [0.4, 0.5) is 11.4 Å². The molecule has 0 fully saturated rings. The van der Waals surface area contributed by atoms with Crippen molar-refractivity contribution in [3.63, 3.8) is 0 Å². The van der Waals surface area contributed by atoms with E-state index in [9.17, 15) is 14.9 Å². The summed E-state index contributed by atoms with van der Waals surface area (Å²) in [5.41, 5.74) is 5.25. The third-order valence-electron chi connectivity index (χ3n) is 5.42. The molecule has 1 amide bonds. The lowest BCUT2D eigenvalue weighted by atomic mass is 10.1. The van der Waals surface area contributed by atoms with Gasteiger partial charge in [0.05, 0.1) is 10.6 Å². The fourth-order valence-corrected chi connectivity index (χ4v) is 3.62. The lowest BCUT2D eigenvalue weighted by Gasteiger charge is -2.04. The smallest absolute Gasteiger partial charge is 0.291 e. The third-order valence-corrected chi connectivity index (χ3v) is 5.42. The van der Waals surface area contributed by atoms with E-state index in [1.165, 1.54) is 12.1 Å². The fraction of sp³-hybridized carbons (Fsp3) is 0.0800. The highest BCUT2D eigenvalue weighted by atomic mass is 16.6. The van der Waals surface area contributed by atoms with E-state index in [-0.39, 0.29) is 11.4 Å². The highest BCUT2D eigenvalue weighted by molar-refractivity contribution is 6.03. The van der Waals surface area contributed by atoms with Gasteiger partial charge in [-0.3, -0.25) is 14.9 Å². The third kappa shape index (κ3) is 4.02. The van der Waals surface area contributed by atoms with E-state index in [0.29, 0.717) is 33.6 Å². The van der Waals surface area contributed by atoms with E-state index >= 15 is 0 Å². The predicted molar refractivity (Wildman–Crippen MR) is 127 cm³/mol. The van der Waals surface area contributed by atoms with Crippen LogP contribution in [0, 0.1) is 24.0 Å². The highest BCUT2D eigenvalue weighted by Crippen LogP contribution is 2.29. The van der Waals surface area contributed by atoms with Crippen LogP contribution in [0.15, 0.2) is 77.2 Å². The van der Waals surface area contributed by atoms with Gasteiger partial charge in [-0.25, -0.2) is 0 Å². The SMILES string of the molecule is Cc1ccc(-n2nc3ccc(NC(=O)c4ccc(-c5ccc([N+](=O)[O-])cc5C)o4)cc3n2)cc1. The number of furan rings is 1. The lowest BCUT2D eigenvalue weighted by molar-refractivity contribution is -0.384. The summed E-state index contributed by atoms with van der Waals surface area (Å²) in [5.74, 6) is 0.154. The molecule has 34 heavy (non-hydrogen) atoms. The van der Waals surface area contributed by atoms with Crippen LogP contribution in [0.2, 0.25) is 0 Å². The van der Waals surface area contributed by atoms with E-state index in [0.717, 1.165) is 11.3 Å². The van der Waals surface area contributed by atoms with Gasteiger partial charge >= 0.3 is 0 Å². The lowest BCUT2D eigenvalue weighted by Crippen LogP contribution is -2.10. The van der Waals surface area contributed by atoms with Crippen LogP contribution in [0.1, 0.15) is 21.7 Å². The first kappa shape index (κ1) is 21.1. The van der Waals surface area contributed by atoms with Gasteiger partial charge in [0.2, 0.25) is 0 Å². The molecule has 0 unspecified atom stereocenters. The van der Waals surface area contributed by atoms with Crippen molar-refractivity contribution in [3.8, 4) is 17.0 Å². The van der Waals surface area contributed by atoms with Crippen LogP contribution in [0.5, 0.6) is 0 Å². The number of hydrogen-bond acceptors (Lipinski definition) is 6. The molecule has 0 bridgehead atoms. The zero-order chi connectivity index (χ0) is 23.8. The Morgan fingerprint density at radius 1 is 0.941 bits per heavy atom. The van der Waals surface area contributed by atoms with Gasteiger partial charge in [-0.2, -0.15) is 4.80 Å². The summed E-state index contributed by atoms with van der Waals surface area (Å²) in [6, 6.07) is 20.9. The van der Waals surface area contributed by atoms with Crippen LogP contribution in [0.3, 0.4) is 0 Å². The number of carbonyl (C=O) groups is 1. The summed E-state index contributed by atoms with van der Waals surface area (Å²) in [6.45, 7) is 3.77. The second-order valence-corrected chi connectivity index (χ2v) is 7.90. The summed E-state index contributed by atoms with van der Waals surface area (Å²) < 4.78 is 5.73. The molecule has 168 valence electrons. The molecule has 0 atom stereocenters. The van der Waals surface area contributed by atoms with Crippen molar-refractivity contribution in [3.05, 3.63) is 99.8 Å². The number of nitrogens with one attached hydrogen (secondary N) is 1. The molecule has 0 spiro atoms. The first-order valence-corrected chi connectivity index (χ1v) is 10.5. The van der Waals surface area contributed by atoms with Gasteiger partial charge in [0, 0.05) is 23.4 Å². The van der Waals surface area contributed by atoms with E-state index < -0.39 is 10.8 Å². The number of aryl methyl sites for hydroxylation is 2. The Morgan fingerprint density at radius 2 is 1.71 bits per heavy atom. The highest BCUT2D eigenvalue weighted by Gasteiger charge is 2.16. The summed E-state index contributed by atoms with van der Waals surface area (Å²) in [6.07, 6.45) is 0. The van der Waals surface area contributed by atoms with Gasteiger partial charge in [-0.15, -0.1) is 10.2 Å². The maximum absolute atomic E-state index is 12.7. The topological polar surface area (TPSA) is 116 Å². The normalized spacial score (nSPS) is 11.0. The monoisotopic (exact) mass is 453 g/mol. The van der Waals surface area contributed by atoms with Gasteiger partial charge in [-0.05, 0) is 67.9 Å². The number of hydrogen-bond donors (Lipinski definition) is 1. The van der Waals surface area contributed by atoms with Gasteiger partial charge < -0.3 is 9.73 Å². The standard InChI is InChI=1S/C25H19N5O4/c1-15-3-6-18(7-4-15)29-27-21-10-5-17(14-22(21)28-29)26-25(31)24-12-11-23(34-24)20-9-8-19(30(32)33)13-16(20)2/h3-14H,1-2H3,(H,26,31). The zero-order valence-corrected chi connectivity index (χ0v) is 18.4. The molecule has 0 radical (unpaired) electrons. The van der Waals surface area contributed by atoms with Crippen molar-refractivity contribution in [2.24, 2.45) is 0 Å². The molecule has 0 aliphatic heterocycles. The number of non-ortho nitro benzene ring substituents is 1. The molecule has 5 aromatic rings. The molecule has 2 aromatic heterocycles. The second-order valence-electron chi connectivity index (χ2n) is 7.90. The van der Waals surface area contributed by atoms with Crippen LogP contribution in [-0.2, 0) is 0 Å². The second kappa shape index (κ2) is 8.28. The van der Waals surface area contributed by atoms with E-state index in [1.807, 2.05) is 31.2 Å². The van der Waals surface area contributed by atoms with E-state index in [4.69, 9.17) is 4.42 Å². The minimum Gasteiger partial charge on any atom is -0.451 e. The molecule has 0 aliphatic rings. The molecule has 0 aliphatic carbocycles. The Labute approximate surface area is 193 Å². The number of nitro groups is 1. The molecular formula is C25H19N5O4. The van der Waals surface area contributed by atoms with Crippen molar-refractivity contribution in [2.45, 2.75) is 13.8 Å². The van der Waals surface area contributed by atoms with E-state index in [1.54, 1.807) is 48.1 Å². The average Bonchev–Trinajstić information content (AvgIpc) is 3.46. The van der Waals surface area contributed by atoms with Gasteiger partial charge in [0.25, 0.3) is 11.6 Å². The fourth-order valence-electron chi connectivity index (χ4n) is 3.62. The molecule has 5 rings (SSSR count). The molecule has 0 saturated heterocycles. The maximum Gasteiger partial charge on any atom is 0.291 e. The summed E-state index contributed by atoms with van der Waals surface area (Å²) in [4.78, 5) is 24.8. The predicted octanol–water partition coefficient (Wildman–Crippen LogP) is 5.46. The number of nitrogens with zero attached hydrogens (tertiary/aromatic N) is 4. The largest absolute Gasteiger partial charge is 0.451 e. The summed E-state index contributed by atoms with van der Waals surface area (Å²) in [5, 5.41) is 22.8. The Kier molecular flexibility index (Phi) is 5.14. The van der Waals surface area contributed by atoms with E-state index in [2.05, 4.69) is 15.5 Å². The number of amides is 1. The van der Waals surface area contributed by atoms with Crippen LogP contribution in [0.25, 0.3) is 28.0 Å². The first-order chi connectivity index (χ1) is 16.4. The number of fused-ring (bicyclic) bond motifs is 1. The Morgan fingerprint density at radius 3 is 2.44 bits per heavy atom. The molecular weight excluding hydrogens is 434 g/mol. The number of benzene rings is 3. The van der Waals surface area contributed by atoms with Gasteiger partial charge in [0.1, 0.15) is 16.8 Å². The van der Waals surface area contributed by atoms with Crippen molar-refractivity contribution in [2.75, 3.05) is 5.32 Å². The van der Waals surface area contributed by atoms with Crippen molar-refractivity contribution in [1.82, 2.24) is 15.0 Å². The van der Waals surface area contributed by atoms with Gasteiger partial charge in [-0.1, -0.05) is 17.7 Å². The first-order valence-electron chi connectivity index (χ1n) is 10.5. The van der Waals surface area contributed by atoms with Crippen LogP contribution in [-0.4, -0.2) is 25.8 Å². The molecule has 0 saturated carbocycles. The van der Waals surface area contributed by atoms with Crippen molar-refractivity contribution in [1.29, 1.82) is 0 Å². The van der Waals surface area contributed by atoms with Crippen molar-refractivity contribution < 1.29 is 14.1 Å². The van der Waals surface area contributed by atoms with Crippen molar-refractivity contribution >= 4 is 28.3 Å². The van der Waals surface area contributed by atoms with Crippen LogP contribution >= 0.6 is 0 Å². The number of aromatic nitrogens is 3. The number of nitro benzene ring substituents is 1. The minimum absolute atomic E-state index is 0.000440. The Hall–Kier alpha value is -4.79. The maximum atomic E-state index is 12.7.